The molecule has 1 aliphatic carbocycles. The van der Waals surface area contributed by atoms with Crippen LogP contribution in [0, 0.1) is 5.92 Å². The van der Waals surface area contributed by atoms with Crippen LogP contribution in [0.4, 0.5) is 4.79 Å². The Labute approximate surface area is 116 Å². The van der Waals surface area contributed by atoms with Crippen LogP contribution in [-0.2, 0) is 9.59 Å². The minimum absolute atomic E-state index is 0.0810. The van der Waals surface area contributed by atoms with E-state index in [0.29, 0.717) is 13.1 Å². The highest BCUT2D eigenvalue weighted by molar-refractivity contribution is 8.14. The second kappa shape index (κ2) is 5.15. The zero-order chi connectivity index (χ0) is 13.4. The lowest BCUT2D eigenvalue weighted by Crippen LogP contribution is -2.63. The van der Waals surface area contributed by atoms with E-state index >= 15 is 0 Å². The predicted octanol–water partition coefficient (Wildman–Crippen LogP) is 1.47. The minimum Gasteiger partial charge on any atom is -0.338 e. The number of hydrogen-bond acceptors (Lipinski definition) is 4. The molecule has 2 heterocycles. The number of rotatable bonds is 2. The second-order valence-electron chi connectivity index (χ2n) is 5.55. The fourth-order valence-electron chi connectivity index (χ4n) is 3.12. The number of carbonyl (C=O) groups excluding carboxylic acids is 3. The van der Waals surface area contributed by atoms with Crippen LogP contribution in [0.3, 0.4) is 0 Å². The normalized spacial score (nSPS) is 25.9. The molecule has 0 N–H and O–H groups in total. The molecule has 0 bridgehead atoms. The molecular formula is C13H18N2O3S. The Kier molecular flexibility index (Phi) is 3.52. The molecule has 0 aromatic carbocycles. The molecule has 0 radical (unpaired) electrons. The molecule has 6 heteroatoms. The van der Waals surface area contributed by atoms with E-state index in [-0.39, 0.29) is 34.8 Å². The van der Waals surface area contributed by atoms with Crippen molar-refractivity contribution in [3.8, 4) is 0 Å². The molecule has 104 valence electrons. The third kappa shape index (κ3) is 2.38. The van der Waals surface area contributed by atoms with Crippen LogP contribution in [0.1, 0.15) is 32.1 Å². The van der Waals surface area contributed by atoms with Gasteiger partial charge in [0.1, 0.15) is 0 Å². The molecule has 3 amide bonds. The van der Waals surface area contributed by atoms with Gasteiger partial charge in [-0.25, -0.2) is 0 Å². The molecule has 1 saturated carbocycles. The molecule has 2 saturated heterocycles. The third-order valence-corrected chi connectivity index (χ3v) is 5.11. The van der Waals surface area contributed by atoms with Gasteiger partial charge in [-0.05, 0) is 12.8 Å². The van der Waals surface area contributed by atoms with E-state index < -0.39 is 0 Å². The first-order valence-electron chi connectivity index (χ1n) is 6.94. The van der Waals surface area contributed by atoms with Gasteiger partial charge < -0.3 is 4.90 Å². The fraction of sp³-hybridized carbons (Fsp3) is 0.769. The second-order valence-corrected chi connectivity index (χ2v) is 6.48. The maximum Gasteiger partial charge on any atom is 0.289 e. The Bertz CT molecular complexity index is 398. The van der Waals surface area contributed by atoms with Gasteiger partial charge in [0.2, 0.25) is 11.8 Å². The smallest absolute Gasteiger partial charge is 0.289 e. The third-order valence-electron chi connectivity index (χ3n) is 4.28. The topological polar surface area (TPSA) is 57.7 Å². The van der Waals surface area contributed by atoms with Gasteiger partial charge >= 0.3 is 0 Å². The van der Waals surface area contributed by atoms with E-state index in [1.54, 1.807) is 0 Å². The number of amides is 3. The summed E-state index contributed by atoms with van der Waals surface area (Å²) >= 11 is 1.06. The Morgan fingerprint density at radius 2 is 1.79 bits per heavy atom. The SMILES string of the molecule is O=C(C1CCCCC1)N1CC(N2C(=O)CSC2=O)C1. The first-order chi connectivity index (χ1) is 9.16. The minimum atomic E-state index is -0.153. The Morgan fingerprint density at radius 1 is 1.11 bits per heavy atom. The van der Waals surface area contributed by atoms with Gasteiger partial charge in [-0.15, -0.1) is 0 Å². The summed E-state index contributed by atoms with van der Waals surface area (Å²) in [6.07, 6.45) is 5.52. The summed E-state index contributed by atoms with van der Waals surface area (Å²) in [6.45, 7) is 1.07. The van der Waals surface area contributed by atoms with Crippen molar-refractivity contribution in [3.63, 3.8) is 0 Å². The standard InChI is InChI=1S/C13H18N2O3S/c16-11-8-19-13(18)15(11)10-6-14(7-10)12(17)9-4-2-1-3-5-9/h9-10H,1-8H2. The van der Waals surface area contributed by atoms with Crippen molar-refractivity contribution in [1.29, 1.82) is 0 Å². The summed E-state index contributed by atoms with van der Waals surface area (Å²) in [5.74, 6) is 0.549. The lowest BCUT2D eigenvalue weighted by Gasteiger charge is -2.44. The highest BCUT2D eigenvalue weighted by Gasteiger charge is 2.44. The molecular weight excluding hydrogens is 264 g/mol. The molecule has 0 atom stereocenters. The maximum absolute atomic E-state index is 12.2. The zero-order valence-corrected chi connectivity index (χ0v) is 11.7. The van der Waals surface area contributed by atoms with Gasteiger partial charge in [-0.1, -0.05) is 31.0 Å². The molecule has 0 aromatic heterocycles. The van der Waals surface area contributed by atoms with Crippen LogP contribution in [0.15, 0.2) is 0 Å². The van der Waals surface area contributed by atoms with Gasteiger partial charge in [0.05, 0.1) is 11.8 Å². The Hall–Kier alpha value is -1.04. The summed E-state index contributed by atoms with van der Waals surface area (Å²) in [5.41, 5.74) is 0. The van der Waals surface area contributed by atoms with E-state index in [1.807, 2.05) is 4.90 Å². The number of thioether (sulfide) groups is 1. The zero-order valence-electron chi connectivity index (χ0n) is 10.8. The largest absolute Gasteiger partial charge is 0.338 e. The first-order valence-corrected chi connectivity index (χ1v) is 7.93. The van der Waals surface area contributed by atoms with Crippen LogP contribution in [0.2, 0.25) is 0 Å². The molecule has 0 unspecified atom stereocenters. The predicted molar refractivity (Wildman–Crippen MR) is 71.6 cm³/mol. The lowest BCUT2D eigenvalue weighted by molar-refractivity contribution is -0.146. The Balaban J connectivity index is 1.53. The average molecular weight is 282 g/mol. The molecule has 5 nitrogen and oxygen atoms in total. The number of nitrogens with zero attached hydrogens (tertiary/aromatic N) is 2. The van der Waals surface area contributed by atoms with Crippen LogP contribution >= 0.6 is 11.8 Å². The first kappa shape index (κ1) is 13.0. The number of carbonyl (C=O) groups is 3. The Morgan fingerprint density at radius 3 is 2.37 bits per heavy atom. The van der Waals surface area contributed by atoms with E-state index in [0.717, 1.165) is 37.4 Å². The summed E-state index contributed by atoms with van der Waals surface area (Å²) in [6, 6.07) is -0.0810. The van der Waals surface area contributed by atoms with Crippen LogP contribution in [-0.4, -0.2) is 51.7 Å². The highest BCUT2D eigenvalue weighted by Crippen LogP contribution is 2.30. The van der Waals surface area contributed by atoms with Gasteiger partial charge in [-0.2, -0.15) is 0 Å². The van der Waals surface area contributed by atoms with E-state index in [2.05, 4.69) is 0 Å². The summed E-state index contributed by atoms with van der Waals surface area (Å²) < 4.78 is 0. The average Bonchev–Trinajstić information content (AvgIpc) is 2.70. The van der Waals surface area contributed by atoms with Crippen LogP contribution < -0.4 is 0 Å². The maximum atomic E-state index is 12.2. The summed E-state index contributed by atoms with van der Waals surface area (Å²) in [7, 11) is 0. The molecule has 3 aliphatic rings. The highest BCUT2D eigenvalue weighted by atomic mass is 32.2. The van der Waals surface area contributed by atoms with Gasteiger partial charge in [0.15, 0.2) is 0 Å². The van der Waals surface area contributed by atoms with Crippen LogP contribution in [0.25, 0.3) is 0 Å². The van der Waals surface area contributed by atoms with E-state index in [4.69, 9.17) is 0 Å². The van der Waals surface area contributed by atoms with Crippen molar-refractivity contribution < 1.29 is 14.4 Å². The molecule has 19 heavy (non-hydrogen) atoms. The summed E-state index contributed by atoms with van der Waals surface area (Å²) in [5, 5.41) is -0.153. The number of hydrogen-bond donors (Lipinski definition) is 0. The molecule has 3 rings (SSSR count). The van der Waals surface area contributed by atoms with Crippen molar-refractivity contribution in [2.45, 2.75) is 38.1 Å². The quantitative estimate of drug-likeness (QED) is 0.769. The van der Waals surface area contributed by atoms with Crippen molar-refractivity contribution in [2.24, 2.45) is 5.92 Å². The van der Waals surface area contributed by atoms with Crippen LogP contribution in [0.5, 0.6) is 0 Å². The monoisotopic (exact) mass is 282 g/mol. The van der Waals surface area contributed by atoms with Crippen molar-refractivity contribution in [1.82, 2.24) is 9.80 Å². The molecule has 2 aliphatic heterocycles. The van der Waals surface area contributed by atoms with Crippen molar-refractivity contribution in [3.05, 3.63) is 0 Å². The van der Waals surface area contributed by atoms with E-state index in [9.17, 15) is 14.4 Å². The molecule has 0 aromatic rings. The van der Waals surface area contributed by atoms with Crippen molar-refractivity contribution in [2.75, 3.05) is 18.8 Å². The van der Waals surface area contributed by atoms with Gasteiger partial charge in [-0.3, -0.25) is 19.3 Å². The van der Waals surface area contributed by atoms with E-state index in [1.165, 1.54) is 11.3 Å². The number of likely N-dealkylation sites (tertiary alicyclic amines) is 1. The number of imide groups is 1. The lowest BCUT2D eigenvalue weighted by atomic mass is 9.87. The molecule has 3 fully saturated rings. The van der Waals surface area contributed by atoms with Gasteiger partial charge in [0.25, 0.3) is 5.24 Å². The molecule has 0 spiro atoms. The van der Waals surface area contributed by atoms with Gasteiger partial charge in [0, 0.05) is 19.0 Å². The fourth-order valence-corrected chi connectivity index (χ4v) is 3.90. The van der Waals surface area contributed by atoms with Crippen molar-refractivity contribution >= 4 is 28.8 Å². The summed E-state index contributed by atoms with van der Waals surface area (Å²) in [4.78, 5) is 38.5.